The van der Waals surface area contributed by atoms with Gasteiger partial charge in [-0.2, -0.15) is 0 Å². The van der Waals surface area contributed by atoms with Crippen LogP contribution >= 0.6 is 23.2 Å². The van der Waals surface area contributed by atoms with Crippen LogP contribution in [0.1, 0.15) is 18.9 Å². The monoisotopic (exact) mass is 466 g/mol. The van der Waals surface area contributed by atoms with Crippen molar-refractivity contribution in [3.63, 3.8) is 0 Å². The van der Waals surface area contributed by atoms with Crippen molar-refractivity contribution < 1.29 is 19.2 Å². The van der Waals surface area contributed by atoms with Gasteiger partial charge in [-0.15, -0.1) is 0 Å². The summed E-state index contributed by atoms with van der Waals surface area (Å²) < 4.78 is 0. The third-order valence-corrected chi connectivity index (χ3v) is 6.09. The van der Waals surface area contributed by atoms with Crippen LogP contribution in [-0.2, 0) is 25.8 Å². The van der Waals surface area contributed by atoms with Gasteiger partial charge in [-0.1, -0.05) is 41.0 Å². The fourth-order valence-corrected chi connectivity index (χ4v) is 3.94. The van der Waals surface area contributed by atoms with Gasteiger partial charge in [0.2, 0.25) is 17.7 Å². The third kappa shape index (κ3) is 5.57. The van der Waals surface area contributed by atoms with Crippen LogP contribution in [0.15, 0.2) is 36.0 Å². The molecule has 2 aliphatic rings. The Hall–Kier alpha value is -2.58. The quantitative estimate of drug-likeness (QED) is 0.492. The van der Waals surface area contributed by atoms with Crippen LogP contribution in [0.5, 0.6) is 0 Å². The number of amides is 3. The second kappa shape index (κ2) is 10.2. The number of rotatable bonds is 5. The van der Waals surface area contributed by atoms with Gasteiger partial charge in [0.15, 0.2) is 0 Å². The van der Waals surface area contributed by atoms with Gasteiger partial charge in [-0.25, -0.2) is 0 Å². The zero-order chi connectivity index (χ0) is 22.5. The third-order valence-electron chi connectivity index (χ3n) is 5.35. The summed E-state index contributed by atoms with van der Waals surface area (Å²) in [6.07, 6.45) is 1.47. The smallest absolute Gasteiger partial charge is 0.246 e. The standard InChI is InChI=1S/C21H24Cl2N4O4/c1-3-20(29)27-12-16(24-31-13-15-4-5-17(22)18(23)10-15)11-19(27)21(30)26-8-6-25(7-9-26)14(2)28/h3-5,10,19H,1,6-9,11-13H2,2H3/b24-16+. The molecule has 1 unspecified atom stereocenters. The van der Waals surface area contributed by atoms with Crippen LogP contribution in [-0.4, -0.2) is 76.9 Å². The van der Waals surface area contributed by atoms with E-state index in [1.54, 1.807) is 28.0 Å². The molecule has 2 saturated heterocycles. The van der Waals surface area contributed by atoms with Crippen molar-refractivity contribution in [3.8, 4) is 0 Å². The van der Waals surface area contributed by atoms with Gasteiger partial charge in [0.05, 0.1) is 22.3 Å². The SMILES string of the molecule is C=CC(=O)N1C/C(=N/OCc2ccc(Cl)c(Cl)c2)CC1C(=O)N1CCN(C(C)=O)CC1. The summed E-state index contributed by atoms with van der Waals surface area (Å²) in [6.45, 7) is 7.25. The molecule has 8 nitrogen and oxygen atoms in total. The Labute approximate surface area is 191 Å². The molecule has 1 atom stereocenters. The second-order valence-electron chi connectivity index (χ2n) is 7.40. The molecule has 31 heavy (non-hydrogen) atoms. The molecule has 166 valence electrons. The lowest BCUT2D eigenvalue weighted by molar-refractivity contribution is -0.144. The maximum atomic E-state index is 13.1. The number of carbonyl (C=O) groups is 3. The Morgan fingerprint density at radius 3 is 2.45 bits per heavy atom. The van der Waals surface area contributed by atoms with Gasteiger partial charge < -0.3 is 19.5 Å². The van der Waals surface area contributed by atoms with E-state index < -0.39 is 6.04 Å². The maximum absolute atomic E-state index is 13.1. The molecule has 3 rings (SSSR count). The van der Waals surface area contributed by atoms with Crippen molar-refractivity contribution in [1.29, 1.82) is 0 Å². The number of piperazine rings is 1. The normalized spacial score (nSPS) is 20.2. The van der Waals surface area contributed by atoms with E-state index in [1.165, 1.54) is 17.9 Å². The van der Waals surface area contributed by atoms with E-state index in [4.69, 9.17) is 28.0 Å². The second-order valence-corrected chi connectivity index (χ2v) is 8.22. The summed E-state index contributed by atoms with van der Waals surface area (Å²) in [6, 6.07) is 4.49. The summed E-state index contributed by atoms with van der Waals surface area (Å²) in [4.78, 5) is 47.2. The van der Waals surface area contributed by atoms with E-state index >= 15 is 0 Å². The van der Waals surface area contributed by atoms with E-state index in [0.29, 0.717) is 41.9 Å². The van der Waals surface area contributed by atoms with E-state index in [-0.39, 0.29) is 37.3 Å². The lowest BCUT2D eigenvalue weighted by atomic mass is 10.1. The number of likely N-dealkylation sites (tertiary alicyclic amines) is 1. The number of hydrogen-bond donors (Lipinski definition) is 0. The molecule has 0 aromatic heterocycles. The fraction of sp³-hybridized carbons (Fsp3) is 0.429. The predicted octanol–water partition coefficient (Wildman–Crippen LogP) is 2.34. The molecule has 1 aromatic carbocycles. The number of benzene rings is 1. The minimum absolute atomic E-state index is 0.00929. The zero-order valence-corrected chi connectivity index (χ0v) is 18.7. The Morgan fingerprint density at radius 1 is 1.16 bits per heavy atom. The zero-order valence-electron chi connectivity index (χ0n) is 17.2. The molecule has 10 heteroatoms. The van der Waals surface area contributed by atoms with Crippen LogP contribution in [0.25, 0.3) is 0 Å². The molecule has 0 bridgehead atoms. The van der Waals surface area contributed by atoms with Crippen molar-refractivity contribution >= 4 is 46.6 Å². The molecule has 3 amide bonds. The van der Waals surface area contributed by atoms with E-state index in [0.717, 1.165) is 5.56 Å². The molecule has 0 N–H and O–H groups in total. The Bertz CT molecular complexity index is 913. The first-order valence-electron chi connectivity index (χ1n) is 9.89. The summed E-state index contributed by atoms with van der Waals surface area (Å²) in [7, 11) is 0. The van der Waals surface area contributed by atoms with Crippen LogP contribution in [0, 0.1) is 0 Å². The number of carbonyl (C=O) groups excluding carboxylic acids is 3. The molecule has 2 fully saturated rings. The molecule has 1 aromatic rings. The van der Waals surface area contributed by atoms with Gasteiger partial charge in [-0.05, 0) is 23.8 Å². The van der Waals surface area contributed by atoms with Crippen LogP contribution in [0.2, 0.25) is 10.0 Å². The van der Waals surface area contributed by atoms with Gasteiger partial charge in [0.1, 0.15) is 12.6 Å². The Kier molecular flexibility index (Phi) is 7.56. The number of halogens is 2. The maximum Gasteiger partial charge on any atom is 0.246 e. The highest BCUT2D eigenvalue weighted by Crippen LogP contribution is 2.23. The van der Waals surface area contributed by atoms with Crippen LogP contribution < -0.4 is 0 Å². The summed E-state index contributed by atoms with van der Waals surface area (Å²) in [5.41, 5.74) is 1.39. The van der Waals surface area contributed by atoms with Crippen LogP contribution in [0.4, 0.5) is 0 Å². The summed E-state index contributed by atoms with van der Waals surface area (Å²) >= 11 is 11.9. The average Bonchev–Trinajstić information content (AvgIpc) is 3.19. The highest BCUT2D eigenvalue weighted by Gasteiger charge is 2.40. The van der Waals surface area contributed by atoms with Gasteiger partial charge in [-0.3, -0.25) is 14.4 Å². The Balaban J connectivity index is 1.64. The van der Waals surface area contributed by atoms with Crippen molar-refractivity contribution in [3.05, 3.63) is 46.5 Å². The van der Waals surface area contributed by atoms with Crippen LogP contribution in [0.3, 0.4) is 0 Å². The lowest BCUT2D eigenvalue weighted by Gasteiger charge is -2.36. The first-order valence-corrected chi connectivity index (χ1v) is 10.6. The van der Waals surface area contributed by atoms with Crippen molar-refractivity contribution in [1.82, 2.24) is 14.7 Å². The summed E-state index contributed by atoms with van der Waals surface area (Å²) in [5.74, 6) is -0.506. The first kappa shape index (κ1) is 23.1. The fourth-order valence-electron chi connectivity index (χ4n) is 3.62. The molecule has 2 heterocycles. The predicted molar refractivity (Wildman–Crippen MR) is 118 cm³/mol. The van der Waals surface area contributed by atoms with Gasteiger partial charge >= 0.3 is 0 Å². The molecule has 0 aliphatic carbocycles. The highest BCUT2D eigenvalue weighted by molar-refractivity contribution is 6.42. The van der Waals surface area contributed by atoms with Crippen molar-refractivity contribution in [2.24, 2.45) is 5.16 Å². The minimum Gasteiger partial charge on any atom is -0.391 e. The summed E-state index contributed by atoms with van der Waals surface area (Å²) in [5, 5.41) is 5.02. The topological polar surface area (TPSA) is 82.5 Å². The van der Waals surface area contributed by atoms with E-state index in [2.05, 4.69) is 11.7 Å². The molecule has 0 spiro atoms. The highest BCUT2D eigenvalue weighted by atomic mass is 35.5. The molecule has 0 saturated carbocycles. The van der Waals surface area contributed by atoms with Gasteiger partial charge in [0.25, 0.3) is 0 Å². The molecule has 2 aliphatic heterocycles. The van der Waals surface area contributed by atoms with Crippen molar-refractivity contribution in [2.45, 2.75) is 26.0 Å². The van der Waals surface area contributed by atoms with E-state index in [9.17, 15) is 14.4 Å². The van der Waals surface area contributed by atoms with E-state index in [1.807, 2.05) is 0 Å². The largest absolute Gasteiger partial charge is 0.391 e. The molecular weight excluding hydrogens is 443 g/mol. The van der Waals surface area contributed by atoms with Gasteiger partial charge in [0, 0.05) is 39.5 Å². The Morgan fingerprint density at radius 2 is 1.84 bits per heavy atom. The number of hydrogen-bond acceptors (Lipinski definition) is 5. The minimum atomic E-state index is -0.665. The number of oxime groups is 1. The average molecular weight is 467 g/mol. The van der Waals surface area contributed by atoms with Crippen molar-refractivity contribution in [2.75, 3.05) is 32.7 Å². The lowest BCUT2D eigenvalue weighted by Crippen LogP contribution is -2.55. The molecular formula is C21H24Cl2N4O4. The number of nitrogens with zero attached hydrogens (tertiary/aromatic N) is 4. The first-order chi connectivity index (χ1) is 14.8. The molecule has 0 radical (unpaired) electrons.